The van der Waals surface area contributed by atoms with Gasteiger partial charge in [0.25, 0.3) is 0 Å². The Morgan fingerprint density at radius 3 is 2.48 bits per heavy atom. The van der Waals surface area contributed by atoms with Gasteiger partial charge in [0.1, 0.15) is 5.60 Å². The maximum Gasteiger partial charge on any atom is 0.407 e. The van der Waals surface area contributed by atoms with Gasteiger partial charge in [0.2, 0.25) is 0 Å². The smallest absolute Gasteiger partial charge is 0.407 e. The molecule has 0 aliphatic heterocycles. The van der Waals surface area contributed by atoms with Crippen LogP contribution in [-0.2, 0) is 4.74 Å². The number of nitrogens with one attached hydrogen (secondary N) is 2. The summed E-state index contributed by atoms with van der Waals surface area (Å²) in [5, 5.41) is 6.72. The Bertz CT molecular complexity index is 350. The van der Waals surface area contributed by atoms with E-state index in [1.54, 1.807) is 0 Å². The van der Waals surface area contributed by atoms with Gasteiger partial charge in [-0.05, 0) is 58.8 Å². The summed E-state index contributed by atoms with van der Waals surface area (Å²) in [6.45, 7) is 13.3. The van der Waals surface area contributed by atoms with Crippen molar-refractivity contribution in [2.45, 2.75) is 97.8 Å². The Balaban J connectivity index is 2.29. The SMILES string of the molecule is CC(C)CCCC(C)NC1CCCC1CNC(=O)OC(C)(C)C. The standard InChI is InChI=1S/C19H38N2O2/c1-14(2)9-7-10-15(3)21-17-12-8-11-16(17)13-20-18(22)23-19(4,5)6/h14-17,21H,7-13H2,1-6H3,(H,20,22). The molecule has 2 N–H and O–H groups in total. The highest BCUT2D eigenvalue weighted by Gasteiger charge is 2.28. The molecule has 1 amide bonds. The van der Waals surface area contributed by atoms with Crippen LogP contribution in [-0.4, -0.2) is 30.3 Å². The van der Waals surface area contributed by atoms with Crippen LogP contribution in [0.2, 0.25) is 0 Å². The van der Waals surface area contributed by atoms with E-state index in [1.807, 2.05) is 20.8 Å². The second-order valence-electron chi connectivity index (χ2n) is 8.57. The molecule has 0 saturated heterocycles. The lowest BCUT2D eigenvalue weighted by Crippen LogP contribution is -2.43. The molecule has 4 heteroatoms. The highest BCUT2D eigenvalue weighted by atomic mass is 16.6. The van der Waals surface area contributed by atoms with Crippen LogP contribution in [0, 0.1) is 11.8 Å². The molecular weight excluding hydrogens is 288 g/mol. The van der Waals surface area contributed by atoms with Gasteiger partial charge >= 0.3 is 6.09 Å². The fourth-order valence-electron chi connectivity index (χ4n) is 3.31. The summed E-state index contributed by atoms with van der Waals surface area (Å²) in [7, 11) is 0. The average molecular weight is 327 g/mol. The van der Waals surface area contributed by atoms with E-state index in [-0.39, 0.29) is 6.09 Å². The van der Waals surface area contributed by atoms with Gasteiger partial charge in [-0.25, -0.2) is 4.79 Å². The van der Waals surface area contributed by atoms with Gasteiger partial charge in [-0.2, -0.15) is 0 Å². The number of ether oxygens (including phenoxy) is 1. The molecule has 1 rings (SSSR count). The number of rotatable bonds is 8. The molecule has 1 aliphatic carbocycles. The fraction of sp³-hybridized carbons (Fsp3) is 0.947. The van der Waals surface area contributed by atoms with Crippen molar-refractivity contribution in [3.05, 3.63) is 0 Å². The van der Waals surface area contributed by atoms with Gasteiger partial charge in [-0.15, -0.1) is 0 Å². The largest absolute Gasteiger partial charge is 0.444 e. The van der Waals surface area contributed by atoms with Crippen LogP contribution in [0.25, 0.3) is 0 Å². The lowest BCUT2D eigenvalue weighted by Gasteiger charge is -2.26. The Labute approximate surface area is 143 Å². The first-order valence-electron chi connectivity index (χ1n) is 9.40. The van der Waals surface area contributed by atoms with E-state index in [0.29, 0.717) is 24.5 Å². The van der Waals surface area contributed by atoms with Crippen LogP contribution in [0.4, 0.5) is 4.79 Å². The van der Waals surface area contributed by atoms with Crippen molar-refractivity contribution in [2.24, 2.45) is 11.8 Å². The predicted molar refractivity (Wildman–Crippen MR) is 96.7 cm³/mol. The number of carbonyl (C=O) groups excluding carboxylic acids is 1. The quantitative estimate of drug-likeness (QED) is 0.691. The first-order chi connectivity index (χ1) is 10.7. The molecule has 0 bridgehead atoms. The molecule has 0 heterocycles. The monoisotopic (exact) mass is 326 g/mol. The van der Waals surface area contributed by atoms with Crippen LogP contribution < -0.4 is 10.6 Å². The lowest BCUT2D eigenvalue weighted by atomic mass is 10.00. The fourth-order valence-corrected chi connectivity index (χ4v) is 3.31. The second kappa shape index (κ2) is 9.51. The Kier molecular flexibility index (Phi) is 8.38. The van der Waals surface area contributed by atoms with Gasteiger partial charge in [-0.1, -0.05) is 33.1 Å². The Morgan fingerprint density at radius 1 is 1.17 bits per heavy atom. The summed E-state index contributed by atoms with van der Waals surface area (Å²) >= 11 is 0. The van der Waals surface area contributed by atoms with Gasteiger partial charge in [0.05, 0.1) is 0 Å². The lowest BCUT2D eigenvalue weighted by molar-refractivity contribution is 0.0517. The van der Waals surface area contributed by atoms with Crippen LogP contribution >= 0.6 is 0 Å². The topological polar surface area (TPSA) is 50.4 Å². The third-order valence-electron chi connectivity index (χ3n) is 4.48. The number of hydrogen-bond donors (Lipinski definition) is 2. The molecular formula is C19H38N2O2. The molecule has 0 aromatic carbocycles. The maximum atomic E-state index is 11.8. The minimum atomic E-state index is -0.428. The minimum Gasteiger partial charge on any atom is -0.444 e. The molecule has 1 saturated carbocycles. The molecule has 0 aromatic heterocycles. The van der Waals surface area contributed by atoms with Gasteiger partial charge in [-0.3, -0.25) is 0 Å². The first-order valence-corrected chi connectivity index (χ1v) is 9.40. The molecule has 4 nitrogen and oxygen atoms in total. The zero-order valence-corrected chi connectivity index (χ0v) is 16.1. The normalized spacial score (nSPS) is 23.1. The molecule has 23 heavy (non-hydrogen) atoms. The van der Waals surface area contributed by atoms with Crippen LogP contribution in [0.15, 0.2) is 0 Å². The summed E-state index contributed by atoms with van der Waals surface area (Å²) in [6.07, 6.45) is 7.19. The molecule has 0 spiro atoms. The summed E-state index contributed by atoms with van der Waals surface area (Å²) < 4.78 is 5.32. The molecule has 1 aliphatic rings. The molecule has 0 radical (unpaired) electrons. The molecule has 1 fully saturated rings. The summed E-state index contributed by atoms with van der Waals surface area (Å²) in [5.74, 6) is 1.31. The third-order valence-corrected chi connectivity index (χ3v) is 4.48. The highest BCUT2D eigenvalue weighted by molar-refractivity contribution is 5.67. The second-order valence-corrected chi connectivity index (χ2v) is 8.57. The third kappa shape index (κ3) is 9.19. The molecule has 0 aromatic rings. The van der Waals surface area contributed by atoms with E-state index in [1.165, 1.54) is 38.5 Å². The minimum absolute atomic E-state index is 0.298. The van der Waals surface area contributed by atoms with Crippen molar-refractivity contribution >= 4 is 6.09 Å². The zero-order valence-electron chi connectivity index (χ0n) is 16.1. The van der Waals surface area contributed by atoms with E-state index in [9.17, 15) is 4.79 Å². The molecule has 136 valence electrons. The summed E-state index contributed by atoms with van der Waals surface area (Å²) in [4.78, 5) is 11.8. The Hall–Kier alpha value is -0.770. The number of amides is 1. The predicted octanol–water partition coefficient (Wildman–Crippen LogP) is 4.48. The molecule has 3 atom stereocenters. The van der Waals surface area contributed by atoms with E-state index in [4.69, 9.17) is 4.74 Å². The Morgan fingerprint density at radius 2 is 1.87 bits per heavy atom. The van der Waals surface area contributed by atoms with E-state index in [0.717, 1.165) is 5.92 Å². The van der Waals surface area contributed by atoms with E-state index < -0.39 is 5.60 Å². The highest BCUT2D eigenvalue weighted by Crippen LogP contribution is 2.26. The van der Waals surface area contributed by atoms with Gasteiger partial charge in [0.15, 0.2) is 0 Å². The summed E-state index contributed by atoms with van der Waals surface area (Å²) in [6, 6.07) is 1.08. The van der Waals surface area contributed by atoms with Crippen molar-refractivity contribution in [1.29, 1.82) is 0 Å². The number of carbonyl (C=O) groups is 1. The van der Waals surface area contributed by atoms with Gasteiger partial charge < -0.3 is 15.4 Å². The average Bonchev–Trinajstić information content (AvgIpc) is 2.81. The zero-order chi connectivity index (χ0) is 17.5. The van der Waals surface area contributed by atoms with Crippen molar-refractivity contribution in [1.82, 2.24) is 10.6 Å². The summed E-state index contributed by atoms with van der Waals surface area (Å²) in [5.41, 5.74) is -0.428. The van der Waals surface area contributed by atoms with Gasteiger partial charge in [0, 0.05) is 18.6 Å². The number of hydrogen-bond acceptors (Lipinski definition) is 3. The molecule has 3 unspecified atom stereocenters. The van der Waals surface area contributed by atoms with Crippen LogP contribution in [0.1, 0.15) is 80.1 Å². The van der Waals surface area contributed by atoms with E-state index >= 15 is 0 Å². The van der Waals surface area contributed by atoms with Crippen molar-refractivity contribution in [2.75, 3.05) is 6.54 Å². The van der Waals surface area contributed by atoms with Crippen molar-refractivity contribution in [3.63, 3.8) is 0 Å². The maximum absolute atomic E-state index is 11.8. The van der Waals surface area contributed by atoms with Crippen molar-refractivity contribution in [3.8, 4) is 0 Å². The first kappa shape index (κ1) is 20.3. The number of alkyl carbamates (subject to hydrolysis) is 1. The van der Waals surface area contributed by atoms with Crippen LogP contribution in [0.5, 0.6) is 0 Å². The van der Waals surface area contributed by atoms with E-state index in [2.05, 4.69) is 31.4 Å². The van der Waals surface area contributed by atoms with Crippen molar-refractivity contribution < 1.29 is 9.53 Å². The van der Waals surface area contributed by atoms with Crippen LogP contribution in [0.3, 0.4) is 0 Å².